The van der Waals surface area contributed by atoms with Crippen molar-refractivity contribution in [1.82, 2.24) is 15.4 Å². The normalized spacial score (nSPS) is 21.5. The van der Waals surface area contributed by atoms with Gasteiger partial charge in [-0.15, -0.1) is 0 Å². The van der Waals surface area contributed by atoms with Crippen molar-refractivity contribution < 1.29 is 14.1 Å². The van der Waals surface area contributed by atoms with Crippen molar-refractivity contribution in [3.8, 4) is 0 Å². The molecule has 2 heterocycles. The van der Waals surface area contributed by atoms with Crippen molar-refractivity contribution in [1.29, 1.82) is 0 Å². The fourth-order valence-corrected chi connectivity index (χ4v) is 3.16. The summed E-state index contributed by atoms with van der Waals surface area (Å²) >= 11 is 0. The lowest BCUT2D eigenvalue weighted by molar-refractivity contribution is 0.0305. The molecule has 0 unspecified atom stereocenters. The SMILES string of the molecule is O=C(NC1CCCCCC1)c1cc(CN2CCOCC2)on1. The second-order valence-electron chi connectivity index (χ2n) is 6.23. The third kappa shape index (κ3) is 4.30. The van der Waals surface area contributed by atoms with E-state index < -0.39 is 0 Å². The summed E-state index contributed by atoms with van der Waals surface area (Å²) in [7, 11) is 0. The van der Waals surface area contributed by atoms with Crippen LogP contribution in [-0.2, 0) is 11.3 Å². The first-order valence-electron chi connectivity index (χ1n) is 8.38. The van der Waals surface area contributed by atoms with Crippen LogP contribution in [-0.4, -0.2) is 48.3 Å². The molecule has 2 fully saturated rings. The lowest BCUT2D eigenvalue weighted by atomic mass is 10.1. The molecule has 6 heteroatoms. The van der Waals surface area contributed by atoms with Crippen LogP contribution >= 0.6 is 0 Å². The van der Waals surface area contributed by atoms with E-state index in [0.29, 0.717) is 12.2 Å². The number of morpholine rings is 1. The lowest BCUT2D eigenvalue weighted by Crippen LogP contribution is -2.35. The van der Waals surface area contributed by atoms with E-state index in [2.05, 4.69) is 15.4 Å². The van der Waals surface area contributed by atoms with Crippen LogP contribution in [0.3, 0.4) is 0 Å². The largest absolute Gasteiger partial charge is 0.379 e. The zero-order valence-corrected chi connectivity index (χ0v) is 13.1. The molecule has 1 aliphatic heterocycles. The minimum absolute atomic E-state index is 0.108. The van der Waals surface area contributed by atoms with Gasteiger partial charge in [0, 0.05) is 25.2 Å². The number of carbonyl (C=O) groups excluding carboxylic acids is 1. The van der Waals surface area contributed by atoms with Gasteiger partial charge >= 0.3 is 0 Å². The van der Waals surface area contributed by atoms with Crippen molar-refractivity contribution in [3.05, 3.63) is 17.5 Å². The van der Waals surface area contributed by atoms with Gasteiger partial charge in [-0.1, -0.05) is 30.8 Å². The molecule has 122 valence electrons. The van der Waals surface area contributed by atoms with Gasteiger partial charge in [-0.05, 0) is 12.8 Å². The van der Waals surface area contributed by atoms with Gasteiger partial charge in [0.15, 0.2) is 11.5 Å². The van der Waals surface area contributed by atoms with Crippen LogP contribution in [0.1, 0.15) is 54.8 Å². The monoisotopic (exact) mass is 307 g/mol. The zero-order chi connectivity index (χ0) is 15.2. The number of nitrogens with zero attached hydrogens (tertiary/aromatic N) is 2. The third-order valence-electron chi connectivity index (χ3n) is 4.47. The molecule has 0 radical (unpaired) electrons. The molecular formula is C16H25N3O3. The van der Waals surface area contributed by atoms with E-state index in [1.54, 1.807) is 6.07 Å². The maximum absolute atomic E-state index is 12.3. The fourth-order valence-electron chi connectivity index (χ4n) is 3.16. The van der Waals surface area contributed by atoms with Gasteiger partial charge in [0.1, 0.15) is 0 Å². The molecule has 2 aliphatic rings. The van der Waals surface area contributed by atoms with Crippen LogP contribution in [0.4, 0.5) is 0 Å². The second kappa shape index (κ2) is 7.74. The lowest BCUT2D eigenvalue weighted by Gasteiger charge is -2.25. The first kappa shape index (κ1) is 15.5. The number of aromatic nitrogens is 1. The summed E-state index contributed by atoms with van der Waals surface area (Å²) in [5, 5.41) is 7.02. The number of carbonyl (C=O) groups is 1. The molecule has 1 N–H and O–H groups in total. The predicted molar refractivity (Wildman–Crippen MR) is 81.6 cm³/mol. The van der Waals surface area contributed by atoms with E-state index in [1.165, 1.54) is 25.7 Å². The Kier molecular flexibility index (Phi) is 5.45. The molecule has 0 aromatic carbocycles. The maximum atomic E-state index is 12.3. The van der Waals surface area contributed by atoms with Crippen LogP contribution in [0.2, 0.25) is 0 Å². The highest BCUT2D eigenvalue weighted by Gasteiger charge is 2.20. The molecule has 1 aromatic rings. The Balaban J connectivity index is 1.52. The third-order valence-corrected chi connectivity index (χ3v) is 4.47. The molecule has 3 rings (SSSR count). The predicted octanol–water partition coefficient (Wildman–Crippen LogP) is 1.96. The Bertz CT molecular complexity index is 475. The first-order valence-corrected chi connectivity index (χ1v) is 8.38. The van der Waals surface area contributed by atoms with Crippen molar-refractivity contribution in [3.63, 3.8) is 0 Å². The highest BCUT2D eigenvalue weighted by atomic mass is 16.5. The fraction of sp³-hybridized carbons (Fsp3) is 0.750. The van der Waals surface area contributed by atoms with Gasteiger partial charge in [0.2, 0.25) is 0 Å². The molecule has 0 atom stereocenters. The molecule has 1 aromatic heterocycles. The van der Waals surface area contributed by atoms with Crippen LogP contribution in [0.25, 0.3) is 0 Å². The van der Waals surface area contributed by atoms with Crippen molar-refractivity contribution >= 4 is 5.91 Å². The Hall–Kier alpha value is -1.40. The Morgan fingerprint density at radius 1 is 1.23 bits per heavy atom. The number of hydrogen-bond donors (Lipinski definition) is 1. The van der Waals surface area contributed by atoms with Gasteiger partial charge in [-0.3, -0.25) is 9.69 Å². The van der Waals surface area contributed by atoms with Crippen LogP contribution < -0.4 is 5.32 Å². The van der Waals surface area contributed by atoms with Gasteiger partial charge in [-0.2, -0.15) is 0 Å². The van der Waals surface area contributed by atoms with Crippen molar-refractivity contribution in [2.75, 3.05) is 26.3 Å². The summed E-state index contributed by atoms with van der Waals surface area (Å²) in [5.41, 5.74) is 0.396. The van der Waals surface area contributed by atoms with Crippen molar-refractivity contribution in [2.24, 2.45) is 0 Å². The molecule has 1 amide bonds. The molecule has 1 aliphatic carbocycles. The number of nitrogens with one attached hydrogen (secondary N) is 1. The summed E-state index contributed by atoms with van der Waals surface area (Å²) < 4.78 is 10.6. The number of hydrogen-bond acceptors (Lipinski definition) is 5. The van der Waals surface area contributed by atoms with Gasteiger partial charge in [0.05, 0.1) is 19.8 Å². The van der Waals surface area contributed by atoms with E-state index in [0.717, 1.165) is 44.9 Å². The Morgan fingerprint density at radius 3 is 2.68 bits per heavy atom. The molecule has 6 nitrogen and oxygen atoms in total. The van der Waals surface area contributed by atoms with E-state index in [1.807, 2.05) is 0 Å². The van der Waals surface area contributed by atoms with Gasteiger partial charge in [0.25, 0.3) is 5.91 Å². The number of ether oxygens (including phenoxy) is 1. The average Bonchev–Trinajstić information content (AvgIpc) is 2.85. The highest BCUT2D eigenvalue weighted by Crippen LogP contribution is 2.18. The van der Waals surface area contributed by atoms with E-state index in [4.69, 9.17) is 9.26 Å². The van der Waals surface area contributed by atoms with E-state index in [-0.39, 0.29) is 11.9 Å². The Morgan fingerprint density at radius 2 is 1.95 bits per heavy atom. The van der Waals surface area contributed by atoms with Gasteiger partial charge in [-0.25, -0.2) is 0 Å². The molecule has 22 heavy (non-hydrogen) atoms. The zero-order valence-electron chi connectivity index (χ0n) is 13.1. The molecule has 1 saturated carbocycles. The minimum atomic E-state index is -0.108. The molecular weight excluding hydrogens is 282 g/mol. The topological polar surface area (TPSA) is 67.6 Å². The molecule has 0 spiro atoms. The summed E-state index contributed by atoms with van der Waals surface area (Å²) in [5.74, 6) is 0.636. The minimum Gasteiger partial charge on any atom is -0.379 e. The first-order chi connectivity index (χ1) is 10.8. The quantitative estimate of drug-likeness (QED) is 0.861. The van der Waals surface area contributed by atoms with Crippen molar-refractivity contribution in [2.45, 2.75) is 51.1 Å². The summed E-state index contributed by atoms with van der Waals surface area (Å²) in [6, 6.07) is 2.05. The van der Waals surface area contributed by atoms with Crippen LogP contribution in [0, 0.1) is 0 Å². The molecule has 0 bridgehead atoms. The van der Waals surface area contributed by atoms with Crippen LogP contribution in [0.5, 0.6) is 0 Å². The number of rotatable bonds is 4. The average molecular weight is 307 g/mol. The smallest absolute Gasteiger partial charge is 0.273 e. The van der Waals surface area contributed by atoms with E-state index >= 15 is 0 Å². The summed E-state index contributed by atoms with van der Waals surface area (Å²) in [6.07, 6.45) is 7.10. The molecule has 1 saturated heterocycles. The number of amides is 1. The standard InChI is InChI=1S/C16H25N3O3/c20-16(17-13-5-3-1-2-4-6-13)15-11-14(22-18-15)12-19-7-9-21-10-8-19/h11,13H,1-10,12H2,(H,17,20). The maximum Gasteiger partial charge on any atom is 0.273 e. The highest BCUT2D eigenvalue weighted by molar-refractivity contribution is 5.92. The Labute approximate surface area is 131 Å². The summed E-state index contributed by atoms with van der Waals surface area (Å²) in [6.45, 7) is 3.98. The summed E-state index contributed by atoms with van der Waals surface area (Å²) in [4.78, 5) is 14.5. The van der Waals surface area contributed by atoms with Gasteiger partial charge < -0.3 is 14.6 Å². The van der Waals surface area contributed by atoms with E-state index in [9.17, 15) is 4.79 Å². The second-order valence-corrected chi connectivity index (χ2v) is 6.23. The van der Waals surface area contributed by atoms with Crippen LogP contribution in [0.15, 0.2) is 10.6 Å².